The van der Waals surface area contributed by atoms with Crippen LogP contribution in [0.3, 0.4) is 0 Å². The fourth-order valence-corrected chi connectivity index (χ4v) is 2.07. The number of nitrogens with two attached hydrogens (primary N) is 1. The van der Waals surface area contributed by atoms with Gasteiger partial charge in [0.2, 0.25) is 0 Å². The minimum atomic E-state index is 0.0851. The molecule has 4 nitrogen and oxygen atoms in total. The number of hydrogen-bond acceptors (Lipinski definition) is 3. The quantitative estimate of drug-likeness (QED) is 0.633. The van der Waals surface area contributed by atoms with Crippen molar-refractivity contribution in [2.24, 2.45) is 5.73 Å². The molecule has 4 heteroatoms. The van der Waals surface area contributed by atoms with Gasteiger partial charge in [-0.15, -0.1) is 0 Å². The van der Waals surface area contributed by atoms with Gasteiger partial charge in [0.1, 0.15) is 11.6 Å². The Morgan fingerprint density at radius 1 is 1.14 bits per heavy atom. The first-order valence-electron chi connectivity index (χ1n) is 6.74. The van der Waals surface area contributed by atoms with Gasteiger partial charge in [0.15, 0.2) is 0 Å². The molecule has 0 aliphatic carbocycles. The summed E-state index contributed by atoms with van der Waals surface area (Å²) in [6.07, 6.45) is 0. The molecule has 110 valence electrons. The molecule has 2 aromatic rings. The number of nitrogens with one attached hydrogen (secondary N) is 1. The Hall–Kier alpha value is -2.33. The number of benzene rings is 2. The van der Waals surface area contributed by atoms with Crippen LogP contribution in [0.25, 0.3) is 0 Å². The molecule has 0 aliphatic rings. The van der Waals surface area contributed by atoms with Crippen LogP contribution in [-0.2, 0) is 18.0 Å². The molecular weight excluding hydrogens is 264 g/mol. The number of rotatable bonds is 6. The minimum absolute atomic E-state index is 0.0851. The Bertz CT molecular complexity index is 638. The Kier molecular flexibility index (Phi) is 4.95. The standard InChI is InChI=1S/C17H20N2O2/c1-12-8-14(17(18)19)6-7-15(12)11-21-10-13-4-3-5-16(9-13)20-2/h3-9H,10-11H2,1-2H3,(H3,18,19). The zero-order valence-corrected chi connectivity index (χ0v) is 12.3. The van der Waals surface area contributed by atoms with E-state index >= 15 is 0 Å². The fourth-order valence-electron chi connectivity index (χ4n) is 2.07. The molecule has 2 aromatic carbocycles. The Labute approximate surface area is 125 Å². The van der Waals surface area contributed by atoms with Crippen LogP contribution in [-0.4, -0.2) is 12.9 Å². The van der Waals surface area contributed by atoms with E-state index in [1.165, 1.54) is 0 Å². The molecule has 0 aliphatic heterocycles. The SMILES string of the molecule is COc1cccc(COCc2ccc(C(=N)N)cc2C)c1. The van der Waals surface area contributed by atoms with Crippen LogP contribution in [0, 0.1) is 12.3 Å². The predicted molar refractivity (Wildman–Crippen MR) is 83.7 cm³/mol. The van der Waals surface area contributed by atoms with Gasteiger partial charge < -0.3 is 15.2 Å². The lowest BCUT2D eigenvalue weighted by atomic mass is 10.1. The highest BCUT2D eigenvalue weighted by Crippen LogP contribution is 2.16. The number of amidine groups is 1. The third kappa shape index (κ3) is 4.07. The van der Waals surface area contributed by atoms with Crippen LogP contribution in [0.5, 0.6) is 5.75 Å². The van der Waals surface area contributed by atoms with Crippen molar-refractivity contribution in [1.82, 2.24) is 0 Å². The third-order valence-corrected chi connectivity index (χ3v) is 3.31. The van der Waals surface area contributed by atoms with E-state index in [2.05, 4.69) is 0 Å². The smallest absolute Gasteiger partial charge is 0.122 e. The molecular formula is C17H20N2O2. The number of ether oxygens (including phenoxy) is 2. The molecule has 3 N–H and O–H groups in total. The van der Waals surface area contributed by atoms with E-state index in [9.17, 15) is 0 Å². The predicted octanol–water partition coefficient (Wildman–Crippen LogP) is 3.00. The summed E-state index contributed by atoms with van der Waals surface area (Å²) in [7, 11) is 1.65. The first-order valence-corrected chi connectivity index (χ1v) is 6.74. The highest BCUT2D eigenvalue weighted by molar-refractivity contribution is 5.95. The highest BCUT2D eigenvalue weighted by atomic mass is 16.5. The van der Waals surface area contributed by atoms with E-state index in [-0.39, 0.29) is 5.84 Å². The highest BCUT2D eigenvalue weighted by Gasteiger charge is 2.03. The topological polar surface area (TPSA) is 68.3 Å². The lowest BCUT2D eigenvalue weighted by Crippen LogP contribution is -2.11. The maximum Gasteiger partial charge on any atom is 0.122 e. The largest absolute Gasteiger partial charge is 0.497 e. The molecule has 2 rings (SSSR count). The van der Waals surface area contributed by atoms with Crippen LogP contribution >= 0.6 is 0 Å². The molecule has 0 amide bonds. The first kappa shape index (κ1) is 15.1. The van der Waals surface area contributed by atoms with Crippen molar-refractivity contribution in [2.75, 3.05) is 7.11 Å². The Balaban J connectivity index is 1.95. The van der Waals surface area contributed by atoms with E-state index in [1.807, 2.05) is 49.4 Å². The second-order valence-corrected chi connectivity index (χ2v) is 4.90. The minimum Gasteiger partial charge on any atom is -0.497 e. The third-order valence-electron chi connectivity index (χ3n) is 3.31. The van der Waals surface area contributed by atoms with Crippen molar-refractivity contribution >= 4 is 5.84 Å². The molecule has 0 fully saturated rings. The lowest BCUT2D eigenvalue weighted by Gasteiger charge is -2.09. The molecule has 0 bridgehead atoms. The molecule has 0 saturated carbocycles. The molecule has 0 saturated heterocycles. The van der Waals surface area contributed by atoms with E-state index in [1.54, 1.807) is 7.11 Å². The molecule has 0 unspecified atom stereocenters. The number of aryl methyl sites for hydroxylation is 1. The van der Waals surface area contributed by atoms with Crippen LogP contribution in [0.4, 0.5) is 0 Å². The Morgan fingerprint density at radius 2 is 1.95 bits per heavy atom. The molecule has 0 heterocycles. The van der Waals surface area contributed by atoms with Gasteiger partial charge in [-0.2, -0.15) is 0 Å². The molecule has 0 atom stereocenters. The van der Waals surface area contributed by atoms with Gasteiger partial charge in [0, 0.05) is 5.56 Å². The van der Waals surface area contributed by atoms with Gasteiger partial charge >= 0.3 is 0 Å². The van der Waals surface area contributed by atoms with Crippen LogP contribution in [0.1, 0.15) is 22.3 Å². The van der Waals surface area contributed by atoms with Gasteiger partial charge in [-0.3, -0.25) is 5.41 Å². The normalized spacial score (nSPS) is 10.4. The fraction of sp³-hybridized carbons (Fsp3) is 0.235. The van der Waals surface area contributed by atoms with Crippen molar-refractivity contribution in [1.29, 1.82) is 5.41 Å². The number of nitrogen functional groups attached to an aromatic ring is 1. The summed E-state index contributed by atoms with van der Waals surface area (Å²) in [5.74, 6) is 0.917. The monoisotopic (exact) mass is 284 g/mol. The summed E-state index contributed by atoms with van der Waals surface area (Å²) in [6, 6.07) is 13.5. The summed E-state index contributed by atoms with van der Waals surface area (Å²) >= 11 is 0. The van der Waals surface area contributed by atoms with Crippen molar-refractivity contribution in [3.8, 4) is 5.75 Å². The summed E-state index contributed by atoms with van der Waals surface area (Å²) in [6.45, 7) is 3.06. The van der Waals surface area contributed by atoms with Crippen LogP contribution in [0.2, 0.25) is 0 Å². The van der Waals surface area contributed by atoms with Gasteiger partial charge in [0.25, 0.3) is 0 Å². The van der Waals surface area contributed by atoms with Gasteiger partial charge in [-0.25, -0.2) is 0 Å². The average molecular weight is 284 g/mol. The van der Waals surface area contributed by atoms with Crippen molar-refractivity contribution in [2.45, 2.75) is 20.1 Å². The van der Waals surface area contributed by atoms with E-state index in [0.717, 1.165) is 28.0 Å². The van der Waals surface area contributed by atoms with Crippen LogP contribution < -0.4 is 10.5 Å². The summed E-state index contributed by atoms with van der Waals surface area (Å²) in [4.78, 5) is 0. The van der Waals surface area contributed by atoms with Gasteiger partial charge in [-0.1, -0.05) is 24.3 Å². The zero-order chi connectivity index (χ0) is 15.2. The van der Waals surface area contributed by atoms with Crippen molar-refractivity contribution < 1.29 is 9.47 Å². The second-order valence-electron chi connectivity index (χ2n) is 4.90. The summed E-state index contributed by atoms with van der Waals surface area (Å²) in [5.41, 5.74) is 9.47. The zero-order valence-electron chi connectivity index (χ0n) is 12.3. The maximum absolute atomic E-state index is 7.43. The number of hydrogen-bond donors (Lipinski definition) is 2. The van der Waals surface area contributed by atoms with Gasteiger partial charge in [0.05, 0.1) is 20.3 Å². The summed E-state index contributed by atoms with van der Waals surface area (Å²) < 4.78 is 10.9. The average Bonchev–Trinajstić information content (AvgIpc) is 2.49. The maximum atomic E-state index is 7.43. The van der Waals surface area contributed by atoms with Crippen LogP contribution in [0.15, 0.2) is 42.5 Å². The van der Waals surface area contributed by atoms with E-state index < -0.39 is 0 Å². The molecule has 21 heavy (non-hydrogen) atoms. The molecule has 0 spiro atoms. The molecule has 0 aromatic heterocycles. The van der Waals surface area contributed by atoms with Crippen molar-refractivity contribution in [3.63, 3.8) is 0 Å². The van der Waals surface area contributed by atoms with Crippen molar-refractivity contribution in [3.05, 3.63) is 64.7 Å². The van der Waals surface area contributed by atoms with E-state index in [0.29, 0.717) is 13.2 Å². The lowest BCUT2D eigenvalue weighted by molar-refractivity contribution is 0.106. The Morgan fingerprint density at radius 3 is 2.62 bits per heavy atom. The first-order chi connectivity index (χ1) is 10.1. The second kappa shape index (κ2) is 6.90. The van der Waals surface area contributed by atoms with E-state index in [4.69, 9.17) is 20.6 Å². The van der Waals surface area contributed by atoms with Gasteiger partial charge in [-0.05, 0) is 41.8 Å². The number of methoxy groups -OCH3 is 1. The molecule has 0 radical (unpaired) electrons. The summed E-state index contributed by atoms with van der Waals surface area (Å²) in [5, 5.41) is 7.43.